The molecule has 3 rings (SSSR count). The number of carbonyl (C=O) groups is 1. The molecule has 0 aliphatic heterocycles. The fourth-order valence-electron chi connectivity index (χ4n) is 2.59. The summed E-state index contributed by atoms with van der Waals surface area (Å²) in [6.07, 6.45) is 4.30. The number of pyridine rings is 1. The Bertz CT molecular complexity index is 853. The van der Waals surface area contributed by atoms with Crippen LogP contribution in [0, 0.1) is 11.6 Å². The summed E-state index contributed by atoms with van der Waals surface area (Å²) in [7, 11) is 1.91. The number of nitrogens with one attached hydrogen (secondary N) is 1. The predicted octanol–water partition coefficient (Wildman–Crippen LogP) is 2.82. The highest BCUT2D eigenvalue weighted by atomic mass is 19.1. The highest BCUT2D eigenvalue weighted by molar-refractivity contribution is 5.94. The smallest absolute Gasteiger partial charge is 0.251 e. The van der Waals surface area contributed by atoms with Gasteiger partial charge in [0.15, 0.2) is 0 Å². The van der Waals surface area contributed by atoms with E-state index < -0.39 is 17.5 Å². The van der Waals surface area contributed by atoms with E-state index in [0.29, 0.717) is 13.0 Å². The van der Waals surface area contributed by atoms with Gasteiger partial charge in [0.2, 0.25) is 0 Å². The molecule has 0 bridgehead atoms. The van der Waals surface area contributed by atoms with Gasteiger partial charge in [0.1, 0.15) is 17.3 Å². The van der Waals surface area contributed by atoms with Crippen molar-refractivity contribution in [2.75, 3.05) is 6.54 Å². The number of halogens is 2. The number of hydrogen-bond donors (Lipinski definition) is 1. The molecule has 2 heterocycles. The summed E-state index contributed by atoms with van der Waals surface area (Å²) in [6, 6.07) is 6.60. The molecule has 1 N–H and O–H groups in total. The number of amides is 1. The second-order valence-corrected chi connectivity index (χ2v) is 5.30. The van der Waals surface area contributed by atoms with E-state index in [4.69, 9.17) is 0 Å². The number of nitrogens with zero attached hydrogens (tertiary/aromatic N) is 2. The summed E-state index contributed by atoms with van der Waals surface area (Å²) < 4.78 is 28.2. The lowest BCUT2D eigenvalue weighted by Crippen LogP contribution is -2.25. The van der Waals surface area contributed by atoms with Gasteiger partial charge < -0.3 is 9.88 Å². The van der Waals surface area contributed by atoms with Gasteiger partial charge >= 0.3 is 0 Å². The number of hydrogen-bond acceptors (Lipinski definition) is 2. The molecule has 0 saturated carbocycles. The zero-order valence-electron chi connectivity index (χ0n) is 12.5. The standard InChI is InChI=1S/C17H15F2N3O/c1-22-10-11(15-3-2-5-20-16(15)22)4-6-21-17(23)12-7-13(18)9-14(19)8-12/h2-3,5,7-10H,4,6H2,1H3,(H,21,23). The van der Waals surface area contributed by atoms with Crippen LogP contribution in [0.5, 0.6) is 0 Å². The SMILES string of the molecule is Cn1cc(CCNC(=O)c2cc(F)cc(F)c2)c2cccnc21. The number of fused-ring (bicyclic) bond motifs is 1. The molecule has 0 aliphatic rings. The van der Waals surface area contributed by atoms with Crippen LogP contribution in [0.3, 0.4) is 0 Å². The number of aryl methyl sites for hydroxylation is 1. The molecule has 4 nitrogen and oxygen atoms in total. The maximum Gasteiger partial charge on any atom is 0.251 e. The highest BCUT2D eigenvalue weighted by Crippen LogP contribution is 2.18. The van der Waals surface area contributed by atoms with Gasteiger partial charge in [-0.05, 0) is 36.2 Å². The topological polar surface area (TPSA) is 46.9 Å². The Morgan fingerprint density at radius 2 is 2.00 bits per heavy atom. The van der Waals surface area contributed by atoms with Crippen LogP contribution < -0.4 is 5.32 Å². The summed E-state index contributed by atoms with van der Waals surface area (Å²) in [4.78, 5) is 16.2. The van der Waals surface area contributed by atoms with Crippen molar-refractivity contribution in [1.29, 1.82) is 0 Å². The number of aromatic nitrogens is 2. The van der Waals surface area contributed by atoms with Gasteiger partial charge in [-0.1, -0.05) is 0 Å². The van der Waals surface area contributed by atoms with Crippen molar-refractivity contribution in [3.05, 3.63) is 65.5 Å². The fourth-order valence-corrected chi connectivity index (χ4v) is 2.59. The first-order chi connectivity index (χ1) is 11.0. The molecule has 0 fully saturated rings. The molecule has 118 valence electrons. The molecular formula is C17H15F2N3O. The first kappa shape index (κ1) is 15.1. The molecule has 6 heteroatoms. The first-order valence-electron chi connectivity index (χ1n) is 7.18. The van der Waals surface area contributed by atoms with Gasteiger partial charge in [-0.2, -0.15) is 0 Å². The van der Waals surface area contributed by atoms with Crippen LogP contribution >= 0.6 is 0 Å². The van der Waals surface area contributed by atoms with Crippen molar-refractivity contribution in [3.8, 4) is 0 Å². The third-order valence-corrected chi connectivity index (χ3v) is 3.62. The van der Waals surface area contributed by atoms with Gasteiger partial charge in [0.25, 0.3) is 5.91 Å². The van der Waals surface area contributed by atoms with Gasteiger partial charge in [-0.15, -0.1) is 0 Å². The molecule has 0 unspecified atom stereocenters. The predicted molar refractivity (Wildman–Crippen MR) is 83.1 cm³/mol. The van der Waals surface area contributed by atoms with Crippen LogP contribution in [0.4, 0.5) is 8.78 Å². The number of benzene rings is 1. The van der Waals surface area contributed by atoms with Gasteiger partial charge in [-0.3, -0.25) is 4.79 Å². The van der Waals surface area contributed by atoms with Crippen LogP contribution in [-0.4, -0.2) is 22.0 Å². The second-order valence-electron chi connectivity index (χ2n) is 5.30. The normalized spacial score (nSPS) is 10.9. The molecular weight excluding hydrogens is 300 g/mol. The number of rotatable bonds is 4. The maximum atomic E-state index is 13.1. The molecule has 3 aromatic rings. The molecule has 0 spiro atoms. The molecule has 0 saturated heterocycles. The van der Waals surface area contributed by atoms with E-state index in [0.717, 1.165) is 34.8 Å². The summed E-state index contributed by atoms with van der Waals surface area (Å²) in [5.74, 6) is -2.03. The fraction of sp³-hybridized carbons (Fsp3) is 0.176. The van der Waals surface area contributed by atoms with Crippen molar-refractivity contribution in [2.45, 2.75) is 6.42 Å². The minimum absolute atomic E-state index is 0.0258. The van der Waals surface area contributed by atoms with Crippen LogP contribution in [0.1, 0.15) is 15.9 Å². The van der Waals surface area contributed by atoms with Gasteiger partial charge in [0.05, 0.1) is 0 Å². The first-order valence-corrected chi connectivity index (χ1v) is 7.18. The number of carbonyl (C=O) groups excluding carboxylic acids is 1. The quantitative estimate of drug-likeness (QED) is 0.805. The maximum absolute atomic E-state index is 13.1. The van der Waals surface area contributed by atoms with E-state index in [1.807, 2.05) is 29.9 Å². The third-order valence-electron chi connectivity index (χ3n) is 3.62. The second kappa shape index (κ2) is 6.16. The molecule has 23 heavy (non-hydrogen) atoms. The van der Waals surface area contributed by atoms with E-state index in [-0.39, 0.29) is 5.56 Å². The molecule has 2 aromatic heterocycles. The molecule has 0 radical (unpaired) electrons. The Balaban J connectivity index is 1.68. The van der Waals surface area contributed by atoms with E-state index >= 15 is 0 Å². The minimum Gasteiger partial charge on any atom is -0.352 e. The van der Waals surface area contributed by atoms with Crippen molar-refractivity contribution < 1.29 is 13.6 Å². The molecule has 1 amide bonds. The van der Waals surface area contributed by atoms with Crippen molar-refractivity contribution >= 4 is 16.9 Å². The Morgan fingerprint density at radius 1 is 1.26 bits per heavy atom. The molecule has 1 aromatic carbocycles. The largest absolute Gasteiger partial charge is 0.352 e. The van der Waals surface area contributed by atoms with Crippen molar-refractivity contribution in [3.63, 3.8) is 0 Å². The Kier molecular flexibility index (Phi) is 4.06. The monoisotopic (exact) mass is 315 g/mol. The van der Waals surface area contributed by atoms with Crippen LogP contribution in [-0.2, 0) is 13.5 Å². The van der Waals surface area contributed by atoms with Gasteiger partial charge in [-0.25, -0.2) is 13.8 Å². The summed E-state index contributed by atoms with van der Waals surface area (Å²) in [5.41, 5.74) is 1.91. The molecule has 0 atom stereocenters. The Morgan fingerprint density at radius 3 is 2.74 bits per heavy atom. The van der Waals surface area contributed by atoms with E-state index in [1.54, 1.807) is 6.20 Å². The summed E-state index contributed by atoms with van der Waals surface area (Å²) in [5, 5.41) is 3.70. The lowest BCUT2D eigenvalue weighted by Gasteiger charge is -2.05. The zero-order valence-corrected chi connectivity index (χ0v) is 12.5. The van der Waals surface area contributed by atoms with Crippen LogP contribution in [0.2, 0.25) is 0 Å². The van der Waals surface area contributed by atoms with E-state index in [1.165, 1.54) is 0 Å². The van der Waals surface area contributed by atoms with Crippen molar-refractivity contribution in [1.82, 2.24) is 14.9 Å². The van der Waals surface area contributed by atoms with Crippen LogP contribution in [0.15, 0.2) is 42.7 Å². The third kappa shape index (κ3) is 3.21. The lowest BCUT2D eigenvalue weighted by molar-refractivity contribution is 0.0953. The van der Waals surface area contributed by atoms with E-state index in [2.05, 4.69) is 10.3 Å². The Hall–Kier alpha value is -2.76. The average molecular weight is 315 g/mol. The summed E-state index contributed by atoms with van der Waals surface area (Å²) in [6.45, 7) is 0.366. The van der Waals surface area contributed by atoms with Crippen molar-refractivity contribution in [2.24, 2.45) is 7.05 Å². The average Bonchev–Trinajstić information content (AvgIpc) is 2.83. The zero-order chi connectivity index (χ0) is 16.4. The van der Waals surface area contributed by atoms with Crippen LogP contribution in [0.25, 0.3) is 11.0 Å². The minimum atomic E-state index is -0.768. The lowest BCUT2D eigenvalue weighted by atomic mass is 10.1. The summed E-state index contributed by atoms with van der Waals surface area (Å²) >= 11 is 0. The Labute approximate surface area is 131 Å². The highest BCUT2D eigenvalue weighted by Gasteiger charge is 2.10. The molecule has 0 aliphatic carbocycles. The van der Waals surface area contributed by atoms with E-state index in [9.17, 15) is 13.6 Å². The van der Waals surface area contributed by atoms with Gasteiger partial charge in [0, 0.05) is 43.0 Å².